The maximum absolute atomic E-state index is 6.21. The molecule has 21 heavy (non-hydrogen) atoms. The zero-order chi connectivity index (χ0) is 15.0. The van der Waals surface area contributed by atoms with Gasteiger partial charge in [0, 0.05) is 22.1 Å². The van der Waals surface area contributed by atoms with E-state index in [0.717, 1.165) is 26.9 Å². The number of rotatable bonds is 2. The highest BCUT2D eigenvalue weighted by Gasteiger charge is 2.19. The second-order valence-electron chi connectivity index (χ2n) is 4.72. The molecule has 0 radical (unpaired) electrons. The lowest BCUT2D eigenvalue weighted by molar-refractivity contribution is 0.782. The Hall–Kier alpha value is -1.78. The molecule has 0 bridgehead atoms. The number of aromatic nitrogens is 2. The van der Waals surface area contributed by atoms with Gasteiger partial charge in [0.05, 0.1) is 5.56 Å². The zero-order valence-corrected chi connectivity index (χ0v) is 13.7. The van der Waals surface area contributed by atoms with Gasteiger partial charge in [-0.15, -0.1) is 0 Å². The monoisotopic (exact) mass is 361 g/mol. The van der Waals surface area contributed by atoms with Crippen molar-refractivity contribution in [2.75, 3.05) is 5.73 Å². The van der Waals surface area contributed by atoms with Crippen LogP contribution in [0.1, 0.15) is 0 Å². The van der Waals surface area contributed by atoms with Crippen LogP contribution in [0.25, 0.3) is 22.4 Å². The maximum Gasteiger partial charge on any atom is 0.129 e. The van der Waals surface area contributed by atoms with E-state index in [1.165, 1.54) is 0 Å². The molecular weight excluding hydrogens is 350 g/mol. The smallest absolute Gasteiger partial charge is 0.129 e. The average molecular weight is 363 g/mol. The Morgan fingerprint density at radius 3 is 2.57 bits per heavy atom. The van der Waals surface area contributed by atoms with Crippen molar-refractivity contribution in [3.63, 3.8) is 0 Å². The van der Waals surface area contributed by atoms with Gasteiger partial charge < -0.3 is 5.73 Å². The number of benzene rings is 2. The molecule has 0 atom stereocenters. The molecule has 0 saturated carbocycles. The average Bonchev–Trinajstić information content (AvgIpc) is 2.78. The Bertz CT molecular complexity index is 797. The molecule has 0 aliphatic carbocycles. The minimum atomic E-state index is 0.628. The van der Waals surface area contributed by atoms with Gasteiger partial charge in [-0.2, -0.15) is 5.10 Å². The summed E-state index contributed by atoms with van der Waals surface area (Å²) in [6.07, 6.45) is 0. The highest BCUT2D eigenvalue weighted by molar-refractivity contribution is 9.10. The van der Waals surface area contributed by atoms with Crippen LogP contribution in [-0.4, -0.2) is 9.78 Å². The molecule has 0 aliphatic rings. The molecule has 2 aromatic carbocycles. The van der Waals surface area contributed by atoms with Crippen LogP contribution in [0.15, 0.2) is 53.0 Å². The molecule has 3 nitrogen and oxygen atoms in total. The van der Waals surface area contributed by atoms with Crippen LogP contribution < -0.4 is 5.73 Å². The number of nitrogens with zero attached hydrogens (tertiary/aromatic N) is 2. The fourth-order valence-corrected chi connectivity index (χ4v) is 2.90. The third-order valence-electron chi connectivity index (χ3n) is 3.34. The molecule has 3 aromatic rings. The van der Waals surface area contributed by atoms with Crippen LogP contribution in [0.3, 0.4) is 0 Å². The number of nitrogens with two attached hydrogens (primary N) is 1. The van der Waals surface area contributed by atoms with Gasteiger partial charge in [-0.25, -0.2) is 0 Å². The van der Waals surface area contributed by atoms with E-state index in [1.54, 1.807) is 4.68 Å². The second-order valence-corrected chi connectivity index (χ2v) is 6.01. The van der Waals surface area contributed by atoms with Gasteiger partial charge >= 0.3 is 0 Å². The van der Waals surface area contributed by atoms with Crippen molar-refractivity contribution in [3.8, 4) is 22.4 Å². The van der Waals surface area contributed by atoms with Crippen molar-refractivity contribution < 1.29 is 0 Å². The Morgan fingerprint density at radius 2 is 1.86 bits per heavy atom. The van der Waals surface area contributed by atoms with Gasteiger partial charge in [-0.1, -0.05) is 57.9 Å². The van der Waals surface area contributed by atoms with Gasteiger partial charge in [0.1, 0.15) is 11.5 Å². The number of aryl methyl sites for hydroxylation is 1. The maximum atomic E-state index is 6.21. The highest BCUT2D eigenvalue weighted by atomic mass is 79.9. The minimum Gasteiger partial charge on any atom is -0.383 e. The van der Waals surface area contributed by atoms with E-state index < -0.39 is 0 Å². The van der Waals surface area contributed by atoms with Gasteiger partial charge in [0.2, 0.25) is 0 Å². The van der Waals surface area contributed by atoms with Gasteiger partial charge in [-0.3, -0.25) is 4.68 Å². The summed E-state index contributed by atoms with van der Waals surface area (Å²) in [5.41, 5.74) is 9.90. The molecule has 0 unspecified atom stereocenters. The lowest BCUT2D eigenvalue weighted by Crippen LogP contribution is -1.97. The molecule has 0 saturated heterocycles. The van der Waals surface area contributed by atoms with Gasteiger partial charge in [-0.05, 0) is 23.8 Å². The van der Waals surface area contributed by atoms with Crippen LogP contribution >= 0.6 is 27.5 Å². The third-order valence-corrected chi connectivity index (χ3v) is 4.26. The Kier molecular flexibility index (Phi) is 3.74. The minimum absolute atomic E-state index is 0.628. The predicted octanol–water partition coefficient (Wildman–Crippen LogP) is 4.75. The fourth-order valence-electron chi connectivity index (χ4n) is 2.29. The van der Waals surface area contributed by atoms with Crippen molar-refractivity contribution in [3.05, 3.63) is 58.0 Å². The largest absolute Gasteiger partial charge is 0.383 e. The third kappa shape index (κ3) is 2.57. The van der Waals surface area contributed by atoms with Crippen molar-refractivity contribution in [1.29, 1.82) is 0 Å². The number of hydrogen-bond acceptors (Lipinski definition) is 2. The molecule has 3 rings (SSSR count). The topological polar surface area (TPSA) is 43.8 Å². The fraction of sp³-hybridized carbons (Fsp3) is 0.0625. The molecular formula is C16H13BrClN3. The van der Waals surface area contributed by atoms with Crippen LogP contribution in [0.2, 0.25) is 5.02 Å². The highest BCUT2D eigenvalue weighted by Crippen LogP contribution is 2.39. The molecule has 2 N–H and O–H groups in total. The van der Waals surface area contributed by atoms with Crippen LogP contribution in [0.4, 0.5) is 5.82 Å². The number of hydrogen-bond donors (Lipinski definition) is 1. The molecule has 1 aromatic heterocycles. The van der Waals surface area contributed by atoms with E-state index >= 15 is 0 Å². The lowest BCUT2D eigenvalue weighted by atomic mass is 10.0. The second kappa shape index (κ2) is 5.54. The normalized spacial score (nSPS) is 10.8. The Morgan fingerprint density at radius 1 is 1.14 bits per heavy atom. The number of anilines is 1. The van der Waals surface area contributed by atoms with E-state index in [1.807, 2.05) is 55.6 Å². The molecule has 0 fully saturated rings. The Balaban J connectivity index is 2.29. The first-order valence-corrected chi connectivity index (χ1v) is 7.58. The van der Waals surface area contributed by atoms with Crippen molar-refractivity contribution in [1.82, 2.24) is 9.78 Å². The van der Waals surface area contributed by atoms with Gasteiger partial charge in [0.15, 0.2) is 0 Å². The van der Waals surface area contributed by atoms with E-state index in [-0.39, 0.29) is 0 Å². The number of nitrogen functional groups attached to an aromatic ring is 1. The summed E-state index contributed by atoms with van der Waals surface area (Å²) in [4.78, 5) is 0. The van der Waals surface area contributed by atoms with E-state index in [2.05, 4.69) is 21.0 Å². The van der Waals surface area contributed by atoms with Crippen molar-refractivity contribution in [2.24, 2.45) is 7.05 Å². The van der Waals surface area contributed by atoms with E-state index in [9.17, 15) is 0 Å². The molecule has 0 spiro atoms. The van der Waals surface area contributed by atoms with E-state index in [0.29, 0.717) is 10.8 Å². The number of halogens is 2. The summed E-state index contributed by atoms with van der Waals surface area (Å²) >= 11 is 9.68. The zero-order valence-electron chi connectivity index (χ0n) is 11.3. The predicted molar refractivity (Wildman–Crippen MR) is 91.2 cm³/mol. The first-order valence-electron chi connectivity index (χ1n) is 6.41. The summed E-state index contributed by atoms with van der Waals surface area (Å²) < 4.78 is 2.62. The molecule has 0 amide bonds. The first kappa shape index (κ1) is 14.2. The van der Waals surface area contributed by atoms with E-state index in [4.69, 9.17) is 17.3 Å². The summed E-state index contributed by atoms with van der Waals surface area (Å²) in [7, 11) is 1.84. The summed E-state index contributed by atoms with van der Waals surface area (Å²) in [5.74, 6) is 0.628. The quantitative estimate of drug-likeness (QED) is 0.715. The molecule has 5 heteroatoms. The standard InChI is InChI=1S/C16H13BrClN3/c1-21-16(19)14(10-5-3-2-4-6-10)15(20-21)12-9-11(18)7-8-13(12)17/h2-9H,19H2,1H3. The summed E-state index contributed by atoms with van der Waals surface area (Å²) in [6.45, 7) is 0. The summed E-state index contributed by atoms with van der Waals surface area (Å²) in [5, 5.41) is 5.23. The van der Waals surface area contributed by atoms with Crippen LogP contribution in [0, 0.1) is 0 Å². The lowest BCUT2D eigenvalue weighted by Gasteiger charge is -2.06. The first-order chi connectivity index (χ1) is 10.1. The molecule has 106 valence electrons. The SMILES string of the molecule is Cn1nc(-c2cc(Cl)ccc2Br)c(-c2ccccc2)c1N. The summed E-state index contributed by atoms with van der Waals surface area (Å²) in [6, 6.07) is 15.6. The molecule has 1 heterocycles. The van der Waals surface area contributed by atoms with Crippen LogP contribution in [-0.2, 0) is 7.05 Å². The molecule has 0 aliphatic heterocycles. The van der Waals surface area contributed by atoms with Crippen LogP contribution in [0.5, 0.6) is 0 Å². The van der Waals surface area contributed by atoms with Crippen molar-refractivity contribution >= 4 is 33.3 Å². The Labute approximate surface area is 136 Å². The van der Waals surface area contributed by atoms with Crippen molar-refractivity contribution in [2.45, 2.75) is 0 Å². The van der Waals surface area contributed by atoms with Gasteiger partial charge in [0.25, 0.3) is 0 Å².